The molecule has 4 rings (SSSR count). The Balaban J connectivity index is 1.52. The van der Waals surface area contributed by atoms with E-state index in [-0.39, 0.29) is 13.2 Å². The van der Waals surface area contributed by atoms with E-state index < -0.39 is 80.2 Å². The molecule has 3 aliphatic heterocycles. The highest BCUT2D eigenvalue weighted by Gasteiger charge is 2.54. The first-order valence-corrected chi connectivity index (χ1v) is 15.0. The van der Waals surface area contributed by atoms with Crippen LogP contribution in [0.5, 0.6) is 0 Å². The van der Waals surface area contributed by atoms with Crippen LogP contribution in [0, 0.1) is 0 Å². The van der Waals surface area contributed by atoms with Crippen molar-refractivity contribution in [2.75, 3.05) is 38.8 Å². The number of amides is 1. The number of fused-ring (bicyclic) bond motifs is 1. The zero-order valence-corrected chi connectivity index (χ0v) is 24.5. The van der Waals surface area contributed by atoms with Gasteiger partial charge in [0.15, 0.2) is 18.9 Å². The van der Waals surface area contributed by atoms with Gasteiger partial charge in [-0.3, -0.25) is 4.79 Å². The molecule has 0 saturated carbocycles. The molecule has 3 fully saturated rings. The standard InChI is InChI=1S/C28H43NO12S/c1-16(31)29-20-25(41-28-23(34)22(33)21(32)18(14-30)38-28)24-19(15-37-26(40-24)17-8-4-2-5-9-17)39-27(20)36-12-11-35-10-6-3-7-13-42/h2,4-5,8-9,18-28,30,32-34,42H,3,6-7,10-15H2,1H3,(H,29,31)/t18?,19?,20?,21-,22-,23?,24-,25+,26?,27+,28-/m0/s1. The van der Waals surface area contributed by atoms with Crippen molar-refractivity contribution in [1.82, 2.24) is 5.32 Å². The van der Waals surface area contributed by atoms with Gasteiger partial charge in [0.1, 0.15) is 48.8 Å². The Morgan fingerprint density at radius 3 is 2.48 bits per heavy atom. The third-order valence-electron chi connectivity index (χ3n) is 7.38. The highest BCUT2D eigenvalue weighted by Crippen LogP contribution is 2.37. The fourth-order valence-electron chi connectivity index (χ4n) is 5.20. The van der Waals surface area contributed by atoms with Gasteiger partial charge in [-0.1, -0.05) is 36.8 Å². The fourth-order valence-corrected chi connectivity index (χ4v) is 5.42. The summed E-state index contributed by atoms with van der Waals surface area (Å²) in [5.74, 6) is 0.436. The smallest absolute Gasteiger partial charge is 0.217 e. The number of aliphatic hydroxyl groups is 4. The van der Waals surface area contributed by atoms with Crippen LogP contribution >= 0.6 is 12.6 Å². The number of benzene rings is 1. The van der Waals surface area contributed by atoms with E-state index in [2.05, 4.69) is 17.9 Å². The number of carbonyl (C=O) groups excluding carboxylic acids is 1. The minimum absolute atomic E-state index is 0.104. The fraction of sp³-hybridized carbons (Fsp3) is 0.750. The molecule has 11 atom stereocenters. The van der Waals surface area contributed by atoms with Crippen molar-refractivity contribution in [3.05, 3.63) is 35.9 Å². The number of carbonyl (C=O) groups is 1. The Labute approximate surface area is 250 Å². The Bertz CT molecular complexity index is 945. The molecule has 42 heavy (non-hydrogen) atoms. The second-order valence-corrected chi connectivity index (χ2v) is 11.0. The van der Waals surface area contributed by atoms with Gasteiger partial charge in [-0.25, -0.2) is 0 Å². The topological polar surface area (TPSA) is 175 Å². The summed E-state index contributed by atoms with van der Waals surface area (Å²) in [7, 11) is 0. The molecule has 238 valence electrons. The first kappa shape index (κ1) is 33.5. The quantitative estimate of drug-likeness (QED) is 0.118. The predicted molar refractivity (Wildman–Crippen MR) is 149 cm³/mol. The highest BCUT2D eigenvalue weighted by atomic mass is 32.1. The van der Waals surface area contributed by atoms with Crippen LogP contribution < -0.4 is 5.32 Å². The summed E-state index contributed by atoms with van der Waals surface area (Å²) in [6.07, 6.45) is -8.96. The maximum Gasteiger partial charge on any atom is 0.217 e. The second kappa shape index (κ2) is 16.6. The van der Waals surface area contributed by atoms with Gasteiger partial charge < -0.3 is 58.9 Å². The molecule has 0 aliphatic carbocycles. The molecule has 13 nitrogen and oxygen atoms in total. The number of hydrogen-bond donors (Lipinski definition) is 6. The van der Waals surface area contributed by atoms with Crippen LogP contribution in [0.2, 0.25) is 0 Å². The van der Waals surface area contributed by atoms with Gasteiger partial charge in [-0.15, -0.1) is 0 Å². The van der Waals surface area contributed by atoms with E-state index in [1.807, 2.05) is 30.3 Å². The third-order valence-corrected chi connectivity index (χ3v) is 7.69. The van der Waals surface area contributed by atoms with Gasteiger partial charge in [-0.2, -0.15) is 12.6 Å². The molecule has 0 aromatic heterocycles. The van der Waals surface area contributed by atoms with E-state index in [1.54, 1.807) is 0 Å². The maximum absolute atomic E-state index is 12.3. The monoisotopic (exact) mass is 617 g/mol. The Morgan fingerprint density at radius 2 is 1.76 bits per heavy atom. The van der Waals surface area contributed by atoms with Crippen LogP contribution in [0.15, 0.2) is 30.3 Å². The molecule has 1 amide bonds. The molecule has 5 N–H and O–H groups in total. The average Bonchev–Trinajstić information content (AvgIpc) is 3.00. The third kappa shape index (κ3) is 8.61. The zero-order chi connectivity index (χ0) is 30.1. The molecule has 14 heteroatoms. The molecule has 3 saturated heterocycles. The van der Waals surface area contributed by atoms with Gasteiger partial charge in [0, 0.05) is 19.1 Å². The van der Waals surface area contributed by atoms with Gasteiger partial charge in [-0.05, 0) is 18.6 Å². The van der Waals surface area contributed by atoms with Gasteiger partial charge in [0.25, 0.3) is 0 Å². The van der Waals surface area contributed by atoms with Crippen molar-refractivity contribution in [2.45, 2.75) is 93.8 Å². The van der Waals surface area contributed by atoms with E-state index in [1.165, 1.54) is 6.92 Å². The van der Waals surface area contributed by atoms with E-state index in [9.17, 15) is 25.2 Å². The summed E-state index contributed by atoms with van der Waals surface area (Å²) >= 11 is 4.21. The van der Waals surface area contributed by atoms with Crippen molar-refractivity contribution >= 4 is 18.5 Å². The van der Waals surface area contributed by atoms with E-state index in [4.69, 9.17) is 33.2 Å². The minimum Gasteiger partial charge on any atom is -0.394 e. The molecule has 0 spiro atoms. The zero-order valence-electron chi connectivity index (χ0n) is 23.6. The van der Waals surface area contributed by atoms with Gasteiger partial charge in [0.05, 0.1) is 26.4 Å². The lowest BCUT2D eigenvalue weighted by atomic mass is 9.94. The maximum atomic E-state index is 12.3. The Kier molecular flexibility index (Phi) is 13.2. The Hall–Kier alpha value is -1.40. The SMILES string of the molecule is CC(=O)NC1[C@H](OCCOCCCCCS)OC2COC(c3ccccc3)O[C@@H]2[C@@H]1O[C@@H]1OC(CO)[C@H](O)[C@H](O)C1O. The average molecular weight is 618 g/mol. The molecule has 1 aromatic carbocycles. The van der Waals surface area contributed by atoms with Gasteiger partial charge >= 0.3 is 0 Å². The van der Waals surface area contributed by atoms with E-state index >= 15 is 0 Å². The summed E-state index contributed by atoms with van der Waals surface area (Å²) in [4.78, 5) is 12.3. The molecule has 5 unspecified atom stereocenters. The van der Waals surface area contributed by atoms with Gasteiger partial charge in [0.2, 0.25) is 5.91 Å². The van der Waals surface area contributed by atoms with Crippen molar-refractivity contribution in [2.24, 2.45) is 0 Å². The van der Waals surface area contributed by atoms with Crippen LogP contribution in [-0.4, -0.2) is 126 Å². The number of rotatable bonds is 14. The van der Waals surface area contributed by atoms with E-state index in [0.29, 0.717) is 13.2 Å². The number of thiol groups is 1. The van der Waals surface area contributed by atoms with Crippen molar-refractivity contribution < 1.29 is 58.4 Å². The summed E-state index contributed by atoms with van der Waals surface area (Å²) in [5, 5.41) is 43.8. The molecule has 0 bridgehead atoms. The summed E-state index contributed by atoms with van der Waals surface area (Å²) in [6, 6.07) is 8.31. The van der Waals surface area contributed by atoms with E-state index in [0.717, 1.165) is 30.6 Å². The van der Waals surface area contributed by atoms with Crippen molar-refractivity contribution in [3.8, 4) is 0 Å². The number of nitrogens with one attached hydrogen (secondary N) is 1. The highest BCUT2D eigenvalue weighted by molar-refractivity contribution is 7.80. The number of aliphatic hydroxyl groups excluding tert-OH is 4. The van der Waals surface area contributed by atoms with Crippen LogP contribution in [0.3, 0.4) is 0 Å². The number of hydrogen-bond acceptors (Lipinski definition) is 13. The minimum atomic E-state index is -1.66. The largest absolute Gasteiger partial charge is 0.394 e. The lowest BCUT2D eigenvalue weighted by molar-refractivity contribution is -0.378. The molecular formula is C28H43NO12S. The predicted octanol–water partition coefficient (Wildman–Crippen LogP) is -0.351. The number of ether oxygens (including phenoxy) is 7. The normalized spacial score (nSPS) is 36.8. The lowest BCUT2D eigenvalue weighted by Crippen LogP contribution is -2.69. The van der Waals surface area contributed by atoms with Crippen molar-refractivity contribution in [1.29, 1.82) is 0 Å². The molecular weight excluding hydrogens is 574 g/mol. The van der Waals surface area contributed by atoms with Crippen LogP contribution in [0.1, 0.15) is 38.0 Å². The van der Waals surface area contributed by atoms with Crippen LogP contribution in [0.25, 0.3) is 0 Å². The molecule has 3 heterocycles. The summed E-state index contributed by atoms with van der Waals surface area (Å²) < 4.78 is 42.0. The van der Waals surface area contributed by atoms with Crippen LogP contribution in [0.4, 0.5) is 0 Å². The first-order chi connectivity index (χ1) is 20.3. The molecule has 1 aromatic rings. The van der Waals surface area contributed by atoms with Crippen LogP contribution in [-0.2, 0) is 38.0 Å². The molecule has 3 aliphatic rings. The van der Waals surface area contributed by atoms with Crippen molar-refractivity contribution in [3.63, 3.8) is 0 Å². The summed E-state index contributed by atoms with van der Waals surface area (Å²) in [5.41, 5.74) is 0.753. The molecule has 0 radical (unpaired) electrons. The Morgan fingerprint density at radius 1 is 0.976 bits per heavy atom. The lowest BCUT2D eigenvalue weighted by Gasteiger charge is -2.51. The number of unbranched alkanes of at least 4 members (excludes halogenated alkanes) is 2. The second-order valence-electron chi connectivity index (χ2n) is 10.5. The first-order valence-electron chi connectivity index (χ1n) is 14.3. The summed E-state index contributed by atoms with van der Waals surface area (Å²) in [6.45, 7) is 1.84.